The predicted molar refractivity (Wildman–Crippen MR) is 62.8 cm³/mol. The quantitative estimate of drug-likeness (QED) is 0.554. The standard InChI is InChI=1S/C11H19ClN2O/c12-7-1-2-8-14-10-5-3-9(4-6-10)11(13)15/h1-2,9-10,14H,3-8H2,(H2,13,15)/b2-1+. The molecule has 1 aliphatic carbocycles. The number of hydrogen-bond acceptors (Lipinski definition) is 2. The molecule has 1 saturated carbocycles. The van der Waals surface area contributed by atoms with E-state index in [1.165, 1.54) is 0 Å². The fraction of sp³-hybridized carbons (Fsp3) is 0.727. The van der Waals surface area contributed by atoms with Crippen LogP contribution < -0.4 is 11.1 Å². The lowest BCUT2D eigenvalue weighted by atomic mass is 9.85. The van der Waals surface area contributed by atoms with Crippen LogP contribution in [0.1, 0.15) is 25.7 Å². The van der Waals surface area contributed by atoms with Crippen LogP contribution >= 0.6 is 11.6 Å². The van der Waals surface area contributed by atoms with Crippen molar-refractivity contribution in [2.45, 2.75) is 31.7 Å². The highest BCUT2D eigenvalue weighted by Gasteiger charge is 2.23. The zero-order valence-corrected chi connectivity index (χ0v) is 9.67. The highest BCUT2D eigenvalue weighted by Crippen LogP contribution is 2.23. The first-order valence-electron chi connectivity index (χ1n) is 5.47. The second-order valence-corrected chi connectivity index (χ2v) is 4.29. The Morgan fingerprint density at radius 2 is 2.00 bits per heavy atom. The van der Waals surface area contributed by atoms with Crippen molar-refractivity contribution in [2.24, 2.45) is 11.7 Å². The summed E-state index contributed by atoms with van der Waals surface area (Å²) >= 11 is 5.51. The molecule has 4 heteroatoms. The maximum Gasteiger partial charge on any atom is 0.220 e. The van der Waals surface area contributed by atoms with Crippen LogP contribution in [0.5, 0.6) is 0 Å². The fourth-order valence-corrected chi connectivity index (χ4v) is 2.09. The van der Waals surface area contributed by atoms with Crippen LogP contribution in [0.25, 0.3) is 0 Å². The van der Waals surface area contributed by atoms with Crippen LogP contribution in [-0.2, 0) is 4.79 Å². The second-order valence-electron chi connectivity index (χ2n) is 3.98. The van der Waals surface area contributed by atoms with E-state index in [9.17, 15) is 4.79 Å². The van der Waals surface area contributed by atoms with Crippen molar-refractivity contribution in [3.8, 4) is 0 Å². The van der Waals surface area contributed by atoms with Gasteiger partial charge in [-0.15, -0.1) is 11.6 Å². The molecule has 0 aromatic carbocycles. The van der Waals surface area contributed by atoms with Crippen LogP contribution in [-0.4, -0.2) is 24.4 Å². The van der Waals surface area contributed by atoms with E-state index < -0.39 is 0 Å². The molecule has 0 unspecified atom stereocenters. The topological polar surface area (TPSA) is 55.1 Å². The smallest absolute Gasteiger partial charge is 0.220 e. The van der Waals surface area contributed by atoms with E-state index in [1.54, 1.807) is 0 Å². The molecule has 15 heavy (non-hydrogen) atoms. The van der Waals surface area contributed by atoms with Crippen molar-refractivity contribution in [2.75, 3.05) is 12.4 Å². The summed E-state index contributed by atoms with van der Waals surface area (Å²) in [5.41, 5.74) is 5.27. The van der Waals surface area contributed by atoms with Gasteiger partial charge in [0, 0.05) is 24.4 Å². The van der Waals surface area contributed by atoms with E-state index in [0.717, 1.165) is 32.2 Å². The van der Waals surface area contributed by atoms with Crippen LogP contribution in [0.3, 0.4) is 0 Å². The predicted octanol–water partition coefficient (Wildman–Crippen LogP) is 1.42. The van der Waals surface area contributed by atoms with Crippen molar-refractivity contribution in [1.29, 1.82) is 0 Å². The van der Waals surface area contributed by atoms with Crippen molar-refractivity contribution >= 4 is 17.5 Å². The van der Waals surface area contributed by atoms with Gasteiger partial charge in [-0.05, 0) is 25.7 Å². The summed E-state index contributed by atoms with van der Waals surface area (Å²) in [4.78, 5) is 10.9. The van der Waals surface area contributed by atoms with Gasteiger partial charge < -0.3 is 11.1 Å². The second kappa shape index (κ2) is 6.85. The number of halogens is 1. The minimum absolute atomic E-state index is 0.0985. The van der Waals surface area contributed by atoms with Gasteiger partial charge in [0.05, 0.1) is 0 Å². The zero-order chi connectivity index (χ0) is 11.1. The Morgan fingerprint density at radius 1 is 1.33 bits per heavy atom. The molecule has 1 aliphatic rings. The molecule has 86 valence electrons. The largest absolute Gasteiger partial charge is 0.369 e. The molecule has 0 atom stereocenters. The van der Waals surface area contributed by atoms with Gasteiger partial charge in [-0.2, -0.15) is 0 Å². The zero-order valence-electron chi connectivity index (χ0n) is 8.92. The lowest BCUT2D eigenvalue weighted by Gasteiger charge is -2.27. The van der Waals surface area contributed by atoms with Gasteiger partial charge in [-0.3, -0.25) is 4.79 Å². The summed E-state index contributed by atoms with van der Waals surface area (Å²) in [6, 6.07) is 0.528. The number of alkyl halides is 1. The molecule has 3 nitrogen and oxygen atoms in total. The Hall–Kier alpha value is -0.540. The third kappa shape index (κ3) is 4.67. The van der Waals surface area contributed by atoms with E-state index in [-0.39, 0.29) is 11.8 Å². The Bertz CT molecular complexity index is 223. The van der Waals surface area contributed by atoms with E-state index in [1.807, 2.05) is 12.2 Å². The molecule has 0 saturated heterocycles. The molecular formula is C11H19ClN2O. The summed E-state index contributed by atoms with van der Waals surface area (Å²) in [7, 11) is 0. The Kier molecular flexibility index (Phi) is 5.73. The molecule has 0 radical (unpaired) electrons. The SMILES string of the molecule is NC(=O)C1CCC(NC/C=C/CCl)CC1. The van der Waals surface area contributed by atoms with Gasteiger partial charge in [-0.1, -0.05) is 12.2 Å². The first-order valence-corrected chi connectivity index (χ1v) is 6.01. The molecule has 0 bridgehead atoms. The molecule has 1 fully saturated rings. The summed E-state index contributed by atoms with van der Waals surface area (Å²) < 4.78 is 0. The normalized spacial score (nSPS) is 27.0. The molecule has 0 heterocycles. The number of carbonyl (C=O) groups is 1. The van der Waals surface area contributed by atoms with Crippen molar-refractivity contribution < 1.29 is 4.79 Å². The van der Waals surface area contributed by atoms with Gasteiger partial charge in [0.25, 0.3) is 0 Å². The van der Waals surface area contributed by atoms with Crippen LogP contribution in [0.15, 0.2) is 12.2 Å². The van der Waals surface area contributed by atoms with Gasteiger partial charge in [0.15, 0.2) is 0 Å². The summed E-state index contributed by atoms with van der Waals surface area (Å²) in [6.07, 6.45) is 7.90. The Morgan fingerprint density at radius 3 is 2.53 bits per heavy atom. The molecule has 1 amide bonds. The van der Waals surface area contributed by atoms with E-state index in [2.05, 4.69) is 5.32 Å². The molecule has 3 N–H and O–H groups in total. The van der Waals surface area contributed by atoms with Crippen LogP contribution in [0.2, 0.25) is 0 Å². The minimum Gasteiger partial charge on any atom is -0.369 e. The molecular weight excluding hydrogens is 212 g/mol. The third-order valence-corrected chi connectivity index (χ3v) is 3.09. The Labute approximate surface area is 96.0 Å². The minimum atomic E-state index is -0.143. The van der Waals surface area contributed by atoms with Crippen molar-refractivity contribution in [3.05, 3.63) is 12.2 Å². The number of amides is 1. The van der Waals surface area contributed by atoms with E-state index in [0.29, 0.717) is 11.9 Å². The number of hydrogen-bond donors (Lipinski definition) is 2. The van der Waals surface area contributed by atoms with Gasteiger partial charge >= 0.3 is 0 Å². The van der Waals surface area contributed by atoms with Gasteiger partial charge in [0.1, 0.15) is 0 Å². The van der Waals surface area contributed by atoms with Gasteiger partial charge in [-0.25, -0.2) is 0 Å². The fourth-order valence-electron chi connectivity index (χ4n) is 1.96. The number of primary amides is 1. The average Bonchev–Trinajstić information content (AvgIpc) is 2.25. The van der Waals surface area contributed by atoms with Crippen molar-refractivity contribution in [3.63, 3.8) is 0 Å². The number of nitrogens with two attached hydrogens (primary N) is 1. The summed E-state index contributed by atoms with van der Waals surface area (Å²) in [5.74, 6) is 0.521. The summed E-state index contributed by atoms with van der Waals surface area (Å²) in [5, 5.41) is 3.42. The maximum absolute atomic E-state index is 10.9. The molecule has 0 spiro atoms. The number of rotatable bonds is 5. The molecule has 0 aromatic heterocycles. The molecule has 0 aromatic rings. The van der Waals surface area contributed by atoms with Crippen LogP contribution in [0, 0.1) is 5.92 Å². The maximum atomic E-state index is 10.9. The highest BCUT2D eigenvalue weighted by molar-refractivity contribution is 6.18. The molecule has 1 rings (SSSR count). The first-order chi connectivity index (χ1) is 7.24. The monoisotopic (exact) mass is 230 g/mol. The number of nitrogens with one attached hydrogen (secondary N) is 1. The van der Waals surface area contributed by atoms with Crippen molar-refractivity contribution in [1.82, 2.24) is 5.32 Å². The van der Waals surface area contributed by atoms with Crippen LogP contribution in [0.4, 0.5) is 0 Å². The average molecular weight is 231 g/mol. The summed E-state index contributed by atoms with van der Waals surface area (Å²) in [6.45, 7) is 0.860. The first kappa shape index (κ1) is 12.5. The van der Waals surface area contributed by atoms with Gasteiger partial charge in [0.2, 0.25) is 5.91 Å². The number of carbonyl (C=O) groups excluding carboxylic acids is 1. The lowest BCUT2D eigenvalue weighted by molar-refractivity contribution is -0.122. The Balaban J connectivity index is 2.14. The third-order valence-electron chi connectivity index (χ3n) is 2.91. The van der Waals surface area contributed by atoms with E-state index in [4.69, 9.17) is 17.3 Å². The molecule has 0 aliphatic heterocycles. The lowest BCUT2D eigenvalue weighted by Crippen LogP contribution is -2.36. The number of allylic oxidation sites excluding steroid dienone is 1. The highest BCUT2D eigenvalue weighted by atomic mass is 35.5. The van der Waals surface area contributed by atoms with E-state index >= 15 is 0 Å².